The lowest BCUT2D eigenvalue weighted by Crippen LogP contribution is -1.92. The number of nitrogen functional groups attached to an aromatic ring is 1. The van der Waals surface area contributed by atoms with Crippen LogP contribution in [-0.2, 0) is 0 Å². The summed E-state index contributed by atoms with van der Waals surface area (Å²) in [6.45, 7) is 11.8. The number of aromatic hydroxyl groups is 1. The minimum absolute atomic E-state index is 0.282. The molecule has 0 spiro atoms. The van der Waals surface area contributed by atoms with Crippen molar-refractivity contribution in [2.24, 2.45) is 0 Å². The number of phenols is 1. The van der Waals surface area contributed by atoms with Crippen molar-refractivity contribution < 1.29 is 5.11 Å². The SMILES string of the molecule is CC.CC.Cc1cc(O)cc(C)c1N. The van der Waals surface area contributed by atoms with Gasteiger partial charge in [0.2, 0.25) is 0 Å². The van der Waals surface area contributed by atoms with E-state index in [1.54, 1.807) is 12.1 Å². The van der Waals surface area contributed by atoms with Crippen LogP contribution in [-0.4, -0.2) is 5.11 Å². The van der Waals surface area contributed by atoms with E-state index in [1.807, 2.05) is 41.5 Å². The van der Waals surface area contributed by atoms with Gasteiger partial charge in [-0.15, -0.1) is 0 Å². The molecule has 0 atom stereocenters. The van der Waals surface area contributed by atoms with Gasteiger partial charge in [0, 0.05) is 5.69 Å². The summed E-state index contributed by atoms with van der Waals surface area (Å²) in [5.74, 6) is 0.282. The van der Waals surface area contributed by atoms with Gasteiger partial charge in [0.05, 0.1) is 0 Å². The average molecular weight is 197 g/mol. The quantitative estimate of drug-likeness (QED) is 0.492. The molecular weight excluding hydrogens is 174 g/mol. The molecule has 0 aliphatic carbocycles. The van der Waals surface area contributed by atoms with Gasteiger partial charge in [0.15, 0.2) is 0 Å². The number of aryl methyl sites for hydroxylation is 2. The summed E-state index contributed by atoms with van der Waals surface area (Å²) in [7, 11) is 0. The van der Waals surface area contributed by atoms with Gasteiger partial charge in [-0.3, -0.25) is 0 Å². The molecule has 14 heavy (non-hydrogen) atoms. The van der Waals surface area contributed by atoms with Gasteiger partial charge in [-0.2, -0.15) is 0 Å². The molecule has 0 unspecified atom stereocenters. The predicted octanol–water partition coefficient (Wildman–Crippen LogP) is 3.64. The Kier molecular flexibility index (Phi) is 9.20. The molecule has 1 aromatic carbocycles. The van der Waals surface area contributed by atoms with Gasteiger partial charge in [0.25, 0.3) is 0 Å². The molecule has 0 radical (unpaired) electrons. The van der Waals surface area contributed by atoms with Crippen molar-refractivity contribution in [2.45, 2.75) is 41.5 Å². The van der Waals surface area contributed by atoms with Crippen molar-refractivity contribution in [3.63, 3.8) is 0 Å². The topological polar surface area (TPSA) is 46.2 Å². The third-order valence-electron chi connectivity index (χ3n) is 1.58. The summed E-state index contributed by atoms with van der Waals surface area (Å²) in [6, 6.07) is 3.31. The van der Waals surface area contributed by atoms with E-state index in [0.717, 1.165) is 16.8 Å². The van der Waals surface area contributed by atoms with Crippen LogP contribution in [0, 0.1) is 13.8 Å². The van der Waals surface area contributed by atoms with E-state index >= 15 is 0 Å². The minimum Gasteiger partial charge on any atom is -0.508 e. The summed E-state index contributed by atoms with van der Waals surface area (Å²) in [6.07, 6.45) is 0. The van der Waals surface area contributed by atoms with Crippen molar-refractivity contribution in [1.29, 1.82) is 0 Å². The van der Waals surface area contributed by atoms with E-state index in [9.17, 15) is 0 Å². The van der Waals surface area contributed by atoms with Crippen LogP contribution in [0.3, 0.4) is 0 Å². The number of hydrogen-bond acceptors (Lipinski definition) is 2. The maximum absolute atomic E-state index is 9.06. The lowest BCUT2D eigenvalue weighted by Gasteiger charge is -2.03. The molecule has 0 aliphatic rings. The van der Waals surface area contributed by atoms with Crippen LogP contribution in [0.4, 0.5) is 5.69 Å². The van der Waals surface area contributed by atoms with E-state index in [4.69, 9.17) is 10.8 Å². The molecule has 82 valence electrons. The van der Waals surface area contributed by atoms with Crippen molar-refractivity contribution in [3.05, 3.63) is 23.3 Å². The van der Waals surface area contributed by atoms with E-state index < -0.39 is 0 Å². The van der Waals surface area contributed by atoms with Crippen molar-refractivity contribution in [3.8, 4) is 5.75 Å². The minimum atomic E-state index is 0.282. The number of benzene rings is 1. The first kappa shape index (κ1) is 15.3. The summed E-state index contributed by atoms with van der Waals surface area (Å²) >= 11 is 0. The Morgan fingerprint density at radius 3 is 1.50 bits per heavy atom. The normalized spacial score (nSPS) is 7.86. The molecular formula is C12H23NO. The van der Waals surface area contributed by atoms with Gasteiger partial charge in [-0.1, -0.05) is 27.7 Å². The highest BCUT2D eigenvalue weighted by Gasteiger charge is 1.98. The van der Waals surface area contributed by atoms with Gasteiger partial charge < -0.3 is 10.8 Å². The Bertz CT molecular complexity index is 233. The van der Waals surface area contributed by atoms with Crippen LogP contribution >= 0.6 is 0 Å². The smallest absolute Gasteiger partial charge is 0.116 e. The highest BCUT2D eigenvalue weighted by molar-refractivity contribution is 5.55. The van der Waals surface area contributed by atoms with Crippen LogP contribution < -0.4 is 5.73 Å². The first-order chi connectivity index (χ1) is 6.61. The standard InChI is InChI=1S/C8H11NO.2C2H6/c1-5-3-7(10)4-6(2)8(5)9;2*1-2/h3-4,10H,9H2,1-2H3;2*1-2H3. The van der Waals surface area contributed by atoms with Crippen LogP contribution in [0.1, 0.15) is 38.8 Å². The van der Waals surface area contributed by atoms with Crippen LogP contribution in [0.5, 0.6) is 5.75 Å². The maximum atomic E-state index is 9.06. The summed E-state index contributed by atoms with van der Waals surface area (Å²) in [4.78, 5) is 0. The fraction of sp³-hybridized carbons (Fsp3) is 0.500. The molecule has 0 bridgehead atoms. The van der Waals surface area contributed by atoms with E-state index in [1.165, 1.54) is 0 Å². The summed E-state index contributed by atoms with van der Waals surface area (Å²) in [5.41, 5.74) is 8.26. The molecule has 3 N–H and O–H groups in total. The Balaban J connectivity index is 0. The molecule has 0 heterocycles. The zero-order chi connectivity index (χ0) is 11.7. The third-order valence-corrected chi connectivity index (χ3v) is 1.58. The molecule has 0 amide bonds. The number of hydrogen-bond donors (Lipinski definition) is 2. The Hall–Kier alpha value is -1.18. The molecule has 1 aromatic rings. The molecule has 0 saturated carbocycles. The molecule has 0 fully saturated rings. The monoisotopic (exact) mass is 197 g/mol. The lowest BCUT2D eigenvalue weighted by atomic mass is 10.1. The number of rotatable bonds is 0. The van der Waals surface area contributed by atoms with Gasteiger partial charge >= 0.3 is 0 Å². The van der Waals surface area contributed by atoms with Crippen molar-refractivity contribution in [2.75, 3.05) is 5.73 Å². The number of phenolic OH excluding ortho intramolecular Hbond substituents is 1. The fourth-order valence-corrected chi connectivity index (χ4v) is 0.952. The van der Waals surface area contributed by atoms with Crippen LogP contribution in [0.2, 0.25) is 0 Å². The Labute approximate surface area is 87.8 Å². The number of nitrogens with two attached hydrogens (primary N) is 1. The van der Waals surface area contributed by atoms with E-state index in [2.05, 4.69) is 0 Å². The van der Waals surface area contributed by atoms with E-state index in [0.29, 0.717) is 0 Å². The van der Waals surface area contributed by atoms with Gasteiger partial charge in [0.1, 0.15) is 5.75 Å². The Morgan fingerprint density at radius 2 is 1.21 bits per heavy atom. The average Bonchev–Trinajstić information content (AvgIpc) is 2.20. The highest BCUT2D eigenvalue weighted by Crippen LogP contribution is 2.21. The predicted molar refractivity (Wildman–Crippen MR) is 64.7 cm³/mol. The van der Waals surface area contributed by atoms with Gasteiger partial charge in [-0.25, -0.2) is 0 Å². The zero-order valence-electron chi connectivity index (χ0n) is 10.2. The third kappa shape index (κ3) is 4.75. The second kappa shape index (κ2) is 8.42. The van der Waals surface area contributed by atoms with Gasteiger partial charge in [-0.05, 0) is 37.1 Å². The fourth-order valence-electron chi connectivity index (χ4n) is 0.952. The molecule has 0 aliphatic heterocycles. The molecule has 2 nitrogen and oxygen atoms in total. The first-order valence-corrected chi connectivity index (χ1v) is 5.17. The highest BCUT2D eigenvalue weighted by atomic mass is 16.3. The Morgan fingerprint density at radius 1 is 0.929 bits per heavy atom. The first-order valence-electron chi connectivity index (χ1n) is 5.17. The summed E-state index contributed by atoms with van der Waals surface area (Å²) < 4.78 is 0. The zero-order valence-corrected chi connectivity index (χ0v) is 10.2. The second-order valence-corrected chi connectivity index (χ2v) is 2.49. The molecule has 0 aromatic heterocycles. The summed E-state index contributed by atoms with van der Waals surface area (Å²) in [5, 5.41) is 9.06. The van der Waals surface area contributed by atoms with Crippen molar-refractivity contribution >= 4 is 5.69 Å². The molecule has 2 heteroatoms. The lowest BCUT2D eigenvalue weighted by molar-refractivity contribution is 0.474. The molecule has 1 rings (SSSR count). The largest absolute Gasteiger partial charge is 0.508 e. The molecule has 0 saturated heterocycles. The van der Waals surface area contributed by atoms with Crippen molar-refractivity contribution in [1.82, 2.24) is 0 Å². The van der Waals surface area contributed by atoms with E-state index in [-0.39, 0.29) is 5.75 Å². The number of anilines is 1. The second-order valence-electron chi connectivity index (χ2n) is 2.49. The van der Waals surface area contributed by atoms with Crippen LogP contribution in [0.15, 0.2) is 12.1 Å². The maximum Gasteiger partial charge on any atom is 0.116 e. The van der Waals surface area contributed by atoms with Crippen LogP contribution in [0.25, 0.3) is 0 Å².